The topological polar surface area (TPSA) is 65.1 Å². The number of hydrogen-bond acceptors (Lipinski definition) is 4. The van der Waals surface area contributed by atoms with Crippen molar-refractivity contribution < 1.29 is 4.74 Å². The minimum Gasteiger partial charge on any atom is -0.491 e. The molecule has 2 aromatic rings. The molecule has 0 amide bonds. The highest BCUT2D eigenvalue weighted by Crippen LogP contribution is 2.13. The first-order chi connectivity index (χ1) is 8.29. The first kappa shape index (κ1) is 11.6. The fourth-order valence-corrected chi connectivity index (χ4v) is 1.53. The third-order valence-electron chi connectivity index (χ3n) is 2.45. The molecule has 1 aromatic carbocycles. The molecule has 0 fully saturated rings. The van der Waals surface area contributed by atoms with Crippen LogP contribution in [0.25, 0.3) is 0 Å². The summed E-state index contributed by atoms with van der Waals surface area (Å²) >= 11 is 0. The van der Waals surface area contributed by atoms with Crippen molar-refractivity contribution in [2.45, 2.75) is 6.04 Å². The maximum Gasteiger partial charge on any atom is 0.119 e. The summed E-state index contributed by atoms with van der Waals surface area (Å²) in [6, 6.07) is 11.4. The van der Waals surface area contributed by atoms with Gasteiger partial charge in [-0.15, -0.1) is 0 Å². The monoisotopic (exact) mass is 232 g/mol. The molecule has 1 heterocycles. The van der Waals surface area contributed by atoms with E-state index in [2.05, 4.69) is 10.5 Å². The maximum absolute atomic E-state index is 5.63. The average molecular weight is 232 g/mol. The van der Waals surface area contributed by atoms with E-state index < -0.39 is 0 Å². The number of aryl methyl sites for hydroxylation is 1. The molecule has 90 valence electrons. The smallest absolute Gasteiger partial charge is 0.119 e. The van der Waals surface area contributed by atoms with Crippen molar-refractivity contribution >= 4 is 0 Å². The lowest BCUT2D eigenvalue weighted by Gasteiger charge is -2.14. The van der Waals surface area contributed by atoms with Crippen LogP contribution in [0.2, 0.25) is 0 Å². The maximum atomic E-state index is 5.63. The standard InChI is InChI=1S/C12H16N4O/c1-16-8-7-11(15-16)12(14-13)9-17-10-5-3-2-4-6-10/h2-8,12,14H,9,13H2,1H3. The molecule has 0 saturated heterocycles. The predicted molar refractivity (Wildman–Crippen MR) is 65.2 cm³/mol. The first-order valence-corrected chi connectivity index (χ1v) is 5.43. The van der Waals surface area contributed by atoms with E-state index in [1.54, 1.807) is 4.68 Å². The zero-order chi connectivity index (χ0) is 12.1. The van der Waals surface area contributed by atoms with Crippen molar-refractivity contribution in [2.24, 2.45) is 12.9 Å². The van der Waals surface area contributed by atoms with Crippen LogP contribution in [0.4, 0.5) is 0 Å². The Kier molecular flexibility index (Phi) is 3.74. The summed E-state index contributed by atoms with van der Waals surface area (Å²) in [5.74, 6) is 6.32. The zero-order valence-corrected chi connectivity index (χ0v) is 9.71. The van der Waals surface area contributed by atoms with E-state index in [0.717, 1.165) is 11.4 Å². The molecule has 5 nitrogen and oxygen atoms in total. The number of hydrazine groups is 1. The molecule has 0 aliphatic heterocycles. The van der Waals surface area contributed by atoms with E-state index in [-0.39, 0.29) is 6.04 Å². The molecule has 1 atom stereocenters. The number of nitrogens with zero attached hydrogens (tertiary/aromatic N) is 2. The van der Waals surface area contributed by atoms with Gasteiger partial charge in [0.25, 0.3) is 0 Å². The van der Waals surface area contributed by atoms with Gasteiger partial charge in [0.05, 0.1) is 11.7 Å². The summed E-state index contributed by atoms with van der Waals surface area (Å²) in [7, 11) is 1.87. The highest BCUT2D eigenvalue weighted by Gasteiger charge is 2.13. The second-order valence-corrected chi connectivity index (χ2v) is 3.76. The number of nitrogens with one attached hydrogen (secondary N) is 1. The van der Waals surface area contributed by atoms with E-state index >= 15 is 0 Å². The number of benzene rings is 1. The minimum atomic E-state index is -0.114. The van der Waals surface area contributed by atoms with Gasteiger partial charge in [0.15, 0.2) is 0 Å². The van der Waals surface area contributed by atoms with Gasteiger partial charge in [-0.2, -0.15) is 5.10 Å². The zero-order valence-electron chi connectivity index (χ0n) is 9.71. The normalized spacial score (nSPS) is 12.4. The Morgan fingerprint density at radius 2 is 2.12 bits per heavy atom. The molecule has 0 bridgehead atoms. The van der Waals surface area contributed by atoms with E-state index in [4.69, 9.17) is 10.6 Å². The molecule has 5 heteroatoms. The molecular weight excluding hydrogens is 216 g/mol. The molecule has 1 unspecified atom stereocenters. The fraction of sp³-hybridized carbons (Fsp3) is 0.250. The Balaban J connectivity index is 1.97. The van der Waals surface area contributed by atoms with Crippen molar-refractivity contribution in [3.8, 4) is 5.75 Å². The molecular formula is C12H16N4O. The molecule has 0 radical (unpaired) electrons. The van der Waals surface area contributed by atoms with Crippen molar-refractivity contribution in [3.63, 3.8) is 0 Å². The van der Waals surface area contributed by atoms with Gasteiger partial charge in [-0.25, -0.2) is 5.43 Å². The largest absolute Gasteiger partial charge is 0.491 e. The van der Waals surface area contributed by atoms with Gasteiger partial charge in [-0.3, -0.25) is 10.5 Å². The number of rotatable bonds is 5. The van der Waals surface area contributed by atoms with E-state index in [1.807, 2.05) is 49.6 Å². The summed E-state index contributed by atoms with van der Waals surface area (Å²) in [4.78, 5) is 0. The molecule has 3 N–H and O–H groups in total. The molecule has 0 saturated carbocycles. The Morgan fingerprint density at radius 3 is 2.71 bits per heavy atom. The van der Waals surface area contributed by atoms with Gasteiger partial charge in [0, 0.05) is 13.2 Å². The molecule has 1 aromatic heterocycles. The van der Waals surface area contributed by atoms with Crippen molar-refractivity contribution in [1.29, 1.82) is 0 Å². The van der Waals surface area contributed by atoms with Crippen LogP contribution in [0, 0.1) is 0 Å². The second kappa shape index (κ2) is 5.47. The van der Waals surface area contributed by atoms with Crippen molar-refractivity contribution in [1.82, 2.24) is 15.2 Å². The van der Waals surface area contributed by atoms with Gasteiger partial charge in [-0.1, -0.05) is 18.2 Å². The number of para-hydroxylation sites is 1. The lowest BCUT2D eigenvalue weighted by molar-refractivity contribution is 0.264. The van der Waals surface area contributed by atoms with Gasteiger partial charge in [-0.05, 0) is 18.2 Å². The van der Waals surface area contributed by atoms with Crippen LogP contribution in [-0.4, -0.2) is 16.4 Å². The van der Waals surface area contributed by atoms with Gasteiger partial charge in [0.2, 0.25) is 0 Å². The molecule has 17 heavy (non-hydrogen) atoms. The number of hydrogen-bond donors (Lipinski definition) is 2. The fourth-order valence-electron chi connectivity index (χ4n) is 1.53. The Hall–Kier alpha value is -1.85. The van der Waals surface area contributed by atoms with Crippen LogP contribution < -0.4 is 16.0 Å². The highest BCUT2D eigenvalue weighted by atomic mass is 16.5. The predicted octanol–water partition coefficient (Wildman–Crippen LogP) is 1.00. The van der Waals surface area contributed by atoms with E-state index in [9.17, 15) is 0 Å². The number of nitrogens with two attached hydrogens (primary N) is 1. The van der Waals surface area contributed by atoms with Crippen LogP contribution in [0.5, 0.6) is 5.75 Å². The summed E-state index contributed by atoms with van der Waals surface area (Å²) in [6.07, 6.45) is 1.88. The molecule has 2 rings (SSSR count). The Morgan fingerprint density at radius 1 is 1.35 bits per heavy atom. The highest BCUT2D eigenvalue weighted by molar-refractivity contribution is 5.21. The summed E-state index contributed by atoms with van der Waals surface area (Å²) in [5.41, 5.74) is 3.57. The number of aromatic nitrogens is 2. The molecule has 0 aliphatic carbocycles. The summed E-state index contributed by atoms with van der Waals surface area (Å²) < 4.78 is 7.37. The number of ether oxygens (including phenoxy) is 1. The Labute approximate surface area is 100 Å². The molecule has 0 spiro atoms. The minimum absolute atomic E-state index is 0.114. The third kappa shape index (κ3) is 3.05. The summed E-state index contributed by atoms with van der Waals surface area (Å²) in [5, 5.41) is 4.29. The van der Waals surface area contributed by atoms with Crippen LogP contribution in [0.15, 0.2) is 42.6 Å². The second-order valence-electron chi connectivity index (χ2n) is 3.76. The summed E-state index contributed by atoms with van der Waals surface area (Å²) in [6.45, 7) is 0.442. The van der Waals surface area contributed by atoms with Crippen LogP contribution in [0.3, 0.4) is 0 Å². The van der Waals surface area contributed by atoms with Crippen molar-refractivity contribution in [3.05, 3.63) is 48.3 Å². The quantitative estimate of drug-likeness (QED) is 0.596. The lowest BCUT2D eigenvalue weighted by Crippen LogP contribution is -2.32. The lowest BCUT2D eigenvalue weighted by atomic mass is 10.2. The van der Waals surface area contributed by atoms with Crippen LogP contribution in [-0.2, 0) is 7.05 Å². The van der Waals surface area contributed by atoms with Gasteiger partial charge < -0.3 is 4.74 Å². The van der Waals surface area contributed by atoms with Gasteiger partial charge in [0.1, 0.15) is 12.4 Å². The third-order valence-corrected chi connectivity index (χ3v) is 2.45. The van der Waals surface area contributed by atoms with Crippen LogP contribution >= 0.6 is 0 Å². The van der Waals surface area contributed by atoms with Gasteiger partial charge >= 0.3 is 0 Å². The van der Waals surface area contributed by atoms with Crippen molar-refractivity contribution in [2.75, 3.05) is 6.61 Å². The SMILES string of the molecule is Cn1ccc(C(COc2ccccc2)NN)n1. The molecule has 0 aliphatic rings. The average Bonchev–Trinajstić information content (AvgIpc) is 2.78. The van der Waals surface area contributed by atoms with Crippen LogP contribution in [0.1, 0.15) is 11.7 Å². The van der Waals surface area contributed by atoms with E-state index in [0.29, 0.717) is 6.61 Å². The van der Waals surface area contributed by atoms with E-state index in [1.165, 1.54) is 0 Å². The first-order valence-electron chi connectivity index (χ1n) is 5.43. The Bertz CT molecular complexity index is 455.